The molecule has 70 valence electrons. The minimum Gasteiger partial charge on any atom is -0.453 e. The smallest absolute Gasteiger partial charge is 0.407 e. The van der Waals surface area contributed by atoms with Crippen LogP contribution in [-0.2, 0) is 9.53 Å². The van der Waals surface area contributed by atoms with Crippen molar-refractivity contribution in [1.82, 2.24) is 15.8 Å². The van der Waals surface area contributed by atoms with Gasteiger partial charge in [-0.05, 0) is 0 Å². The molecule has 0 aliphatic rings. The van der Waals surface area contributed by atoms with Gasteiger partial charge in [0.15, 0.2) is 0 Å². The van der Waals surface area contributed by atoms with Crippen molar-refractivity contribution in [1.29, 1.82) is 0 Å². The summed E-state index contributed by atoms with van der Waals surface area (Å²) in [5.41, 5.74) is 2.45. The Balaban J connectivity index is 3.51. The molecule has 0 saturated carbocycles. The molecule has 0 rings (SSSR count). The van der Waals surface area contributed by atoms with Crippen LogP contribution in [0.15, 0.2) is 0 Å². The number of methoxy groups -OCH3 is 1. The summed E-state index contributed by atoms with van der Waals surface area (Å²) in [6, 6.07) is 0. The molecule has 12 heavy (non-hydrogen) atoms. The van der Waals surface area contributed by atoms with Crippen molar-refractivity contribution in [2.75, 3.05) is 27.7 Å². The van der Waals surface area contributed by atoms with E-state index in [0.717, 1.165) is 0 Å². The summed E-state index contributed by atoms with van der Waals surface area (Å²) < 4.78 is 4.26. The fraction of sp³-hybridized carbons (Fsp3) is 0.667. The number of nitrogens with zero attached hydrogens (tertiary/aromatic N) is 1. The summed E-state index contributed by atoms with van der Waals surface area (Å²) in [5, 5.41) is 3.72. The number of hydrogen-bond acceptors (Lipinski definition) is 4. The van der Waals surface area contributed by atoms with E-state index in [1.54, 1.807) is 14.1 Å². The maximum atomic E-state index is 10.9. The number of alkyl carbamates (subject to hydrolysis) is 1. The molecule has 0 atom stereocenters. The van der Waals surface area contributed by atoms with E-state index in [1.165, 1.54) is 12.1 Å². The van der Waals surface area contributed by atoms with Gasteiger partial charge < -0.3 is 10.1 Å². The van der Waals surface area contributed by atoms with Crippen LogP contribution < -0.4 is 10.7 Å². The SMILES string of the molecule is COC(=O)NCC(=O)NN(C)C. The molecule has 0 aromatic heterocycles. The highest BCUT2D eigenvalue weighted by atomic mass is 16.5. The molecule has 0 aliphatic heterocycles. The van der Waals surface area contributed by atoms with Crippen LogP contribution in [0.4, 0.5) is 4.79 Å². The van der Waals surface area contributed by atoms with E-state index in [2.05, 4.69) is 15.5 Å². The van der Waals surface area contributed by atoms with Gasteiger partial charge in [0.1, 0.15) is 6.54 Å². The Bertz CT molecular complexity index is 169. The second-order valence-electron chi connectivity index (χ2n) is 2.27. The third-order valence-electron chi connectivity index (χ3n) is 0.927. The van der Waals surface area contributed by atoms with Gasteiger partial charge in [0.05, 0.1) is 7.11 Å². The lowest BCUT2D eigenvalue weighted by Gasteiger charge is -2.11. The summed E-state index contributed by atoms with van der Waals surface area (Å²) in [4.78, 5) is 21.3. The first-order valence-electron chi connectivity index (χ1n) is 3.35. The van der Waals surface area contributed by atoms with Crippen LogP contribution in [0.2, 0.25) is 0 Å². The molecule has 2 amide bonds. The van der Waals surface area contributed by atoms with Gasteiger partial charge in [-0.15, -0.1) is 0 Å². The Kier molecular flexibility index (Phi) is 4.78. The Morgan fingerprint density at radius 2 is 2.00 bits per heavy atom. The highest BCUT2D eigenvalue weighted by Gasteiger charge is 2.04. The maximum absolute atomic E-state index is 10.9. The normalized spacial score (nSPS) is 9.33. The number of hydrogen-bond donors (Lipinski definition) is 2. The van der Waals surface area contributed by atoms with E-state index in [-0.39, 0.29) is 12.5 Å². The molecule has 0 fully saturated rings. The zero-order chi connectivity index (χ0) is 9.56. The van der Waals surface area contributed by atoms with Crippen LogP contribution >= 0.6 is 0 Å². The topological polar surface area (TPSA) is 70.7 Å². The monoisotopic (exact) mass is 175 g/mol. The van der Waals surface area contributed by atoms with Gasteiger partial charge in [0.2, 0.25) is 0 Å². The Hall–Kier alpha value is -1.30. The molecule has 0 aliphatic carbocycles. The van der Waals surface area contributed by atoms with Gasteiger partial charge >= 0.3 is 6.09 Å². The summed E-state index contributed by atoms with van der Waals surface area (Å²) in [5.74, 6) is -0.301. The molecular formula is C6H13N3O3. The van der Waals surface area contributed by atoms with Crippen molar-refractivity contribution in [2.24, 2.45) is 0 Å². The molecule has 0 heterocycles. The highest BCUT2D eigenvalue weighted by molar-refractivity contribution is 5.81. The molecule has 2 N–H and O–H groups in total. The van der Waals surface area contributed by atoms with Crippen LogP contribution in [0.3, 0.4) is 0 Å². The zero-order valence-electron chi connectivity index (χ0n) is 7.38. The molecule has 0 aromatic carbocycles. The number of carbonyl (C=O) groups excluding carboxylic acids is 2. The molecule has 0 unspecified atom stereocenters. The first-order chi connectivity index (χ1) is 5.56. The van der Waals surface area contributed by atoms with E-state index < -0.39 is 6.09 Å². The molecule has 0 radical (unpaired) electrons. The Morgan fingerprint density at radius 3 is 2.42 bits per heavy atom. The Morgan fingerprint density at radius 1 is 1.42 bits per heavy atom. The molecule has 0 bridgehead atoms. The summed E-state index contributed by atoms with van der Waals surface area (Å²) in [7, 11) is 4.59. The van der Waals surface area contributed by atoms with Crippen LogP contribution in [-0.4, -0.2) is 44.8 Å². The molecule has 0 aromatic rings. The van der Waals surface area contributed by atoms with Crippen LogP contribution in [0.25, 0.3) is 0 Å². The summed E-state index contributed by atoms with van der Waals surface area (Å²) in [6.45, 7) is -0.0924. The number of ether oxygens (including phenoxy) is 1. The standard InChI is InChI=1S/C6H13N3O3/c1-9(2)8-5(10)4-7-6(11)12-3/h4H2,1-3H3,(H,7,11)(H,8,10). The number of hydrazine groups is 1. The van der Waals surface area contributed by atoms with Gasteiger partial charge in [-0.3, -0.25) is 10.2 Å². The van der Waals surface area contributed by atoms with Gasteiger partial charge in [-0.1, -0.05) is 0 Å². The third kappa shape index (κ3) is 5.48. The summed E-state index contributed by atoms with van der Waals surface area (Å²) in [6.07, 6.45) is -0.621. The average Bonchev–Trinajstić information content (AvgIpc) is 1.99. The van der Waals surface area contributed by atoms with Crippen LogP contribution in [0.5, 0.6) is 0 Å². The number of rotatable bonds is 3. The first kappa shape index (κ1) is 10.7. The lowest BCUT2D eigenvalue weighted by molar-refractivity contribution is -0.123. The van der Waals surface area contributed by atoms with E-state index in [9.17, 15) is 9.59 Å². The highest BCUT2D eigenvalue weighted by Crippen LogP contribution is 1.71. The largest absolute Gasteiger partial charge is 0.453 e. The van der Waals surface area contributed by atoms with Crippen LogP contribution in [0, 0.1) is 0 Å². The van der Waals surface area contributed by atoms with Gasteiger partial charge in [-0.2, -0.15) is 0 Å². The molecule has 6 heteroatoms. The second kappa shape index (κ2) is 5.36. The molecule has 6 nitrogen and oxygen atoms in total. The van der Waals surface area contributed by atoms with E-state index in [1.807, 2.05) is 0 Å². The number of nitrogens with one attached hydrogen (secondary N) is 2. The lowest BCUT2D eigenvalue weighted by Crippen LogP contribution is -2.42. The van der Waals surface area contributed by atoms with Crippen molar-refractivity contribution in [3.8, 4) is 0 Å². The van der Waals surface area contributed by atoms with Crippen molar-refractivity contribution >= 4 is 12.0 Å². The minimum atomic E-state index is -0.621. The average molecular weight is 175 g/mol. The fourth-order valence-electron chi connectivity index (χ4n) is 0.514. The number of carbonyl (C=O) groups is 2. The summed E-state index contributed by atoms with van der Waals surface area (Å²) >= 11 is 0. The van der Waals surface area contributed by atoms with Gasteiger partial charge in [0, 0.05) is 14.1 Å². The second-order valence-corrected chi connectivity index (χ2v) is 2.27. The van der Waals surface area contributed by atoms with Gasteiger partial charge in [-0.25, -0.2) is 9.80 Å². The minimum absolute atomic E-state index is 0.0924. The zero-order valence-corrected chi connectivity index (χ0v) is 7.38. The van der Waals surface area contributed by atoms with E-state index in [0.29, 0.717) is 0 Å². The van der Waals surface area contributed by atoms with Crippen molar-refractivity contribution in [3.05, 3.63) is 0 Å². The predicted molar refractivity (Wildman–Crippen MR) is 42.2 cm³/mol. The van der Waals surface area contributed by atoms with Gasteiger partial charge in [0.25, 0.3) is 5.91 Å². The fourth-order valence-corrected chi connectivity index (χ4v) is 0.514. The molecular weight excluding hydrogens is 162 g/mol. The number of amides is 2. The van der Waals surface area contributed by atoms with Crippen LogP contribution in [0.1, 0.15) is 0 Å². The quantitative estimate of drug-likeness (QED) is 0.536. The van der Waals surface area contributed by atoms with E-state index in [4.69, 9.17) is 0 Å². The molecule has 0 saturated heterocycles. The maximum Gasteiger partial charge on any atom is 0.407 e. The first-order valence-corrected chi connectivity index (χ1v) is 3.35. The predicted octanol–water partition coefficient (Wildman–Crippen LogP) is -1.06. The van der Waals surface area contributed by atoms with Crippen molar-refractivity contribution in [2.45, 2.75) is 0 Å². The van der Waals surface area contributed by atoms with Crippen molar-refractivity contribution < 1.29 is 14.3 Å². The van der Waals surface area contributed by atoms with Crippen molar-refractivity contribution in [3.63, 3.8) is 0 Å². The van der Waals surface area contributed by atoms with E-state index >= 15 is 0 Å². The third-order valence-corrected chi connectivity index (χ3v) is 0.927. The Labute approximate surface area is 70.8 Å². The molecule has 0 spiro atoms. The lowest BCUT2D eigenvalue weighted by atomic mass is 10.6.